The lowest BCUT2D eigenvalue weighted by atomic mass is 10.0. The Morgan fingerprint density at radius 1 is 1.35 bits per heavy atom. The number of para-hydroxylation sites is 1. The van der Waals surface area contributed by atoms with Gasteiger partial charge < -0.3 is 10.6 Å². The standard InChI is InChI=1S/C14H18N4O7S/c15-11-4-2-1-3-9(11)8-24-16-13(19)12-6-5-10-7-17(12)14(20)18(10)25-26(21,22)23/h1-4,10,12H,5-8,15H2,(H,16,19)(H,21,22,23). The number of nitrogens with two attached hydrogens (primary N) is 1. The summed E-state index contributed by atoms with van der Waals surface area (Å²) in [5.41, 5.74) is 9.28. The molecule has 2 aliphatic heterocycles. The van der Waals surface area contributed by atoms with Crippen molar-refractivity contribution in [2.75, 3.05) is 12.3 Å². The molecule has 1 aromatic carbocycles. The molecule has 0 radical (unpaired) electrons. The fourth-order valence-electron chi connectivity index (χ4n) is 3.02. The topological polar surface area (TPSA) is 151 Å². The van der Waals surface area contributed by atoms with Crippen LogP contribution in [0.1, 0.15) is 18.4 Å². The maximum atomic E-state index is 12.3. The van der Waals surface area contributed by atoms with Gasteiger partial charge in [0.2, 0.25) is 0 Å². The third-order valence-corrected chi connectivity index (χ3v) is 4.60. The number of nitrogens with one attached hydrogen (secondary N) is 1. The molecule has 0 saturated carbocycles. The molecule has 0 aliphatic carbocycles. The van der Waals surface area contributed by atoms with Crippen molar-refractivity contribution in [2.45, 2.75) is 31.5 Å². The number of carbonyl (C=O) groups is 2. The lowest BCUT2D eigenvalue weighted by molar-refractivity contribution is -0.139. The average molecular weight is 386 g/mol. The summed E-state index contributed by atoms with van der Waals surface area (Å²) in [4.78, 5) is 30.9. The molecule has 1 aromatic rings. The Hall–Kier alpha value is -2.41. The second-order valence-electron chi connectivity index (χ2n) is 5.96. The van der Waals surface area contributed by atoms with Gasteiger partial charge in [-0.15, -0.1) is 4.28 Å². The zero-order valence-electron chi connectivity index (χ0n) is 13.6. The zero-order chi connectivity index (χ0) is 18.9. The number of anilines is 1. The highest BCUT2D eigenvalue weighted by molar-refractivity contribution is 7.80. The molecule has 2 saturated heterocycles. The molecule has 26 heavy (non-hydrogen) atoms. The van der Waals surface area contributed by atoms with E-state index in [-0.39, 0.29) is 13.2 Å². The van der Waals surface area contributed by atoms with Gasteiger partial charge in [0.15, 0.2) is 0 Å². The van der Waals surface area contributed by atoms with Gasteiger partial charge in [0.05, 0.1) is 6.04 Å². The molecule has 0 aromatic heterocycles. The Morgan fingerprint density at radius 3 is 2.77 bits per heavy atom. The van der Waals surface area contributed by atoms with E-state index < -0.39 is 34.4 Å². The predicted molar refractivity (Wildman–Crippen MR) is 87.2 cm³/mol. The highest BCUT2D eigenvalue weighted by Crippen LogP contribution is 2.30. The Balaban J connectivity index is 1.58. The van der Waals surface area contributed by atoms with Gasteiger partial charge in [-0.1, -0.05) is 18.2 Å². The van der Waals surface area contributed by atoms with E-state index in [4.69, 9.17) is 15.1 Å². The van der Waals surface area contributed by atoms with Crippen LogP contribution in [0.3, 0.4) is 0 Å². The van der Waals surface area contributed by atoms with Crippen LogP contribution in [-0.4, -0.2) is 53.5 Å². The van der Waals surface area contributed by atoms with Crippen LogP contribution >= 0.6 is 0 Å². The van der Waals surface area contributed by atoms with Crippen molar-refractivity contribution < 1.29 is 31.7 Å². The summed E-state index contributed by atoms with van der Waals surface area (Å²) in [6.07, 6.45) is 0.631. The van der Waals surface area contributed by atoms with Crippen molar-refractivity contribution in [3.8, 4) is 0 Å². The molecule has 3 amide bonds. The Bertz CT molecular complexity index is 815. The molecule has 0 spiro atoms. The van der Waals surface area contributed by atoms with Gasteiger partial charge in [-0.2, -0.15) is 13.5 Å². The van der Waals surface area contributed by atoms with Crippen LogP contribution in [0.5, 0.6) is 0 Å². The summed E-state index contributed by atoms with van der Waals surface area (Å²) < 4.78 is 34.8. The van der Waals surface area contributed by atoms with Crippen molar-refractivity contribution in [2.24, 2.45) is 0 Å². The van der Waals surface area contributed by atoms with E-state index >= 15 is 0 Å². The summed E-state index contributed by atoms with van der Waals surface area (Å²) in [6, 6.07) is 4.81. The van der Waals surface area contributed by atoms with Crippen LogP contribution in [0.2, 0.25) is 0 Å². The van der Waals surface area contributed by atoms with Crippen molar-refractivity contribution in [3.05, 3.63) is 29.8 Å². The lowest BCUT2D eigenvalue weighted by Crippen LogP contribution is -2.49. The first-order chi connectivity index (χ1) is 12.3. The number of hydroxylamine groups is 3. The molecule has 142 valence electrons. The highest BCUT2D eigenvalue weighted by Gasteiger charge is 2.49. The molecular weight excluding hydrogens is 368 g/mol. The van der Waals surface area contributed by atoms with Crippen molar-refractivity contribution in [1.29, 1.82) is 0 Å². The third-order valence-electron chi connectivity index (χ3n) is 4.26. The van der Waals surface area contributed by atoms with E-state index in [0.29, 0.717) is 29.2 Å². The molecular formula is C14H18N4O7S. The number of carbonyl (C=O) groups excluding carboxylic acids is 2. The number of hydrogen-bond acceptors (Lipinski definition) is 7. The van der Waals surface area contributed by atoms with Gasteiger partial charge in [-0.25, -0.2) is 10.3 Å². The molecule has 2 atom stereocenters. The van der Waals surface area contributed by atoms with Gasteiger partial charge in [-0.3, -0.25) is 14.2 Å². The van der Waals surface area contributed by atoms with E-state index in [1.54, 1.807) is 24.3 Å². The summed E-state index contributed by atoms with van der Waals surface area (Å²) in [5, 5.41) is 0.578. The molecule has 3 rings (SSSR count). The number of urea groups is 1. The molecule has 2 heterocycles. The normalized spacial score (nSPS) is 22.6. The minimum Gasteiger partial charge on any atom is -0.398 e. The van der Waals surface area contributed by atoms with Crippen molar-refractivity contribution in [3.63, 3.8) is 0 Å². The summed E-state index contributed by atoms with van der Waals surface area (Å²) in [7, 11) is -4.82. The Kier molecular flexibility index (Phi) is 5.00. The fourth-order valence-corrected chi connectivity index (χ4v) is 3.41. The summed E-state index contributed by atoms with van der Waals surface area (Å²) >= 11 is 0. The Labute approximate surface area is 149 Å². The molecule has 2 fully saturated rings. The predicted octanol–water partition coefficient (Wildman–Crippen LogP) is -0.180. The van der Waals surface area contributed by atoms with E-state index in [1.807, 2.05) is 0 Å². The van der Waals surface area contributed by atoms with E-state index in [0.717, 1.165) is 0 Å². The van der Waals surface area contributed by atoms with Gasteiger partial charge in [0.1, 0.15) is 12.6 Å². The SMILES string of the molecule is Nc1ccccc1CONC(=O)C1CCC2CN1C(=O)N2OS(=O)(=O)O. The molecule has 12 heteroatoms. The van der Waals surface area contributed by atoms with Crippen LogP contribution in [0, 0.1) is 0 Å². The van der Waals surface area contributed by atoms with Crippen LogP contribution in [-0.2, 0) is 30.9 Å². The molecule has 2 aliphatic rings. The van der Waals surface area contributed by atoms with Crippen LogP contribution in [0.4, 0.5) is 10.5 Å². The number of hydrogen-bond donors (Lipinski definition) is 3. The van der Waals surface area contributed by atoms with E-state index in [1.165, 1.54) is 4.90 Å². The molecule has 11 nitrogen and oxygen atoms in total. The zero-order valence-corrected chi connectivity index (χ0v) is 14.4. The average Bonchev–Trinajstić information content (AvgIpc) is 2.80. The Morgan fingerprint density at radius 2 is 2.08 bits per heavy atom. The summed E-state index contributed by atoms with van der Waals surface area (Å²) in [6.45, 7) is 0.164. The number of fused-ring (bicyclic) bond motifs is 2. The number of piperidine rings is 1. The van der Waals surface area contributed by atoms with Crippen molar-refractivity contribution in [1.82, 2.24) is 15.4 Å². The number of nitrogen functional groups attached to an aromatic ring is 1. The number of amides is 3. The first kappa shape index (κ1) is 18.4. The maximum Gasteiger partial charge on any atom is 0.418 e. The number of nitrogens with zero attached hydrogens (tertiary/aromatic N) is 2. The first-order valence-electron chi connectivity index (χ1n) is 7.78. The minimum absolute atomic E-state index is 0.0553. The van der Waals surface area contributed by atoms with E-state index in [9.17, 15) is 18.0 Å². The lowest BCUT2D eigenvalue weighted by Gasteiger charge is -2.28. The third kappa shape index (κ3) is 3.88. The van der Waals surface area contributed by atoms with Gasteiger partial charge in [-0.05, 0) is 18.9 Å². The molecule has 2 unspecified atom stereocenters. The molecule has 2 bridgehead atoms. The molecule has 4 N–H and O–H groups in total. The van der Waals surface area contributed by atoms with Gasteiger partial charge >= 0.3 is 16.4 Å². The van der Waals surface area contributed by atoms with Crippen LogP contribution in [0.15, 0.2) is 24.3 Å². The monoisotopic (exact) mass is 386 g/mol. The number of benzene rings is 1. The second kappa shape index (κ2) is 7.07. The quantitative estimate of drug-likeness (QED) is 0.346. The maximum absolute atomic E-state index is 12.3. The largest absolute Gasteiger partial charge is 0.418 e. The number of rotatable bonds is 6. The fraction of sp³-hybridized carbons (Fsp3) is 0.429. The van der Waals surface area contributed by atoms with Gasteiger partial charge in [0.25, 0.3) is 5.91 Å². The first-order valence-corrected chi connectivity index (χ1v) is 9.14. The van der Waals surface area contributed by atoms with Crippen LogP contribution < -0.4 is 11.2 Å². The second-order valence-corrected chi connectivity index (χ2v) is 6.97. The van der Waals surface area contributed by atoms with Gasteiger partial charge in [0, 0.05) is 17.8 Å². The van der Waals surface area contributed by atoms with Crippen molar-refractivity contribution >= 4 is 28.0 Å². The minimum atomic E-state index is -4.82. The summed E-state index contributed by atoms with van der Waals surface area (Å²) in [5.74, 6) is -0.542. The highest BCUT2D eigenvalue weighted by atomic mass is 32.3. The van der Waals surface area contributed by atoms with E-state index in [2.05, 4.69) is 9.76 Å². The smallest absolute Gasteiger partial charge is 0.398 e. The van der Waals surface area contributed by atoms with Crippen LogP contribution in [0.25, 0.3) is 0 Å².